The van der Waals surface area contributed by atoms with E-state index in [1.165, 1.54) is 63.9 Å². The Labute approximate surface area is 199 Å². The molecule has 1 aromatic rings. The lowest BCUT2D eigenvalue weighted by atomic mass is 10.1. The van der Waals surface area contributed by atoms with Crippen molar-refractivity contribution in [2.75, 3.05) is 6.61 Å². The molecule has 2 rings (SSSR count). The fourth-order valence-corrected chi connectivity index (χ4v) is 4.11. The topological polar surface area (TPSA) is 47.6 Å². The molecule has 0 aromatic heterocycles. The Morgan fingerprint density at radius 1 is 0.969 bits per heavy atom. The number of carbonyl (C=O) groups excluding carboxylic acids is 1. The van der Waals surface area contributed by atoms with Crippen LogP contribution in [0.25, 0.3) is 0 Å². The fraction of sp³-hybridized carbons (Fsp3) is 0.720. The normalized spacial score (nSPS) is 13.4. The molecular formula is C25H38BrF2NO3. The van der Waals surface area contributed by atoms with Crippen molar-refractivity contribution in [3.05, 3.63) is 22.2 Å². The molecule has 1 N–H and O–H groups in total. The van der Waals surface area contributed by atoms with Gasteiger partial charge in [0.2, 0.25) is 0 Å². The highest BCUT2D eigenvalue weighted by Gasteiger charge is 2.28. The van der Waals surface area contributed by atoms with Gasteiger partial charge >= 0.3 is 6.61 Å². The minimum atomic E-state index is -3.01. The van der Waals surface area contributed by atoms with Gasteiger partial charge in [0, 0.05) is 10.5 Å². The van der Waals surface area contributed by atoms with Gasteiger partial charge in [-0.2, -0.15) is 8.78 Å². The summed E-state index contributed by atoms with van der Waals surface area (Å²) in [7, 11) is 0. The van der Waals surface area contributed by atoms with Crippen molar-refractivity contribution >= 4 is 21.8 Å². The summed E-state index contributed by atoms with van der Waals surface area (Å²) in [5.41, 5.74) is 0.0411. The molecule has 1 aromatic carbocycles. The molecule has 0 atom stereocenters. The number of halogens is 3. The highest BCUT2D eigenvalue weighted by molar-refractivity contribution is 9.10. The summed E-state index contributed by atoms with van der Waals surface area (Å²) >= 11 is 3.29. The van der Waals surface area contributed by atoms with Crippen LogP contribution in [0.3, 0.4) is 0 Å². The van der Waals surface area contributed by atoms with Crippen LogP contribution < -0.4 is 14.8 Å². The molecule has 0 aliphatic heterocycles. The quantitative estimate of drug-likeness (QED) is 0.200. The van der Waals surface area contributed by atoms with Crippen molar-refractivity contribution in [2.45, 2.75) is 109 Å². The van der Waals surface area contributed by atoms with E-state index in [9.17, 15) is 13.6 Å². The zero-order valence-electron chi connectivity index (χ0n) is 19.3. The van der Waals surface area contributed by atoms with Crippen LogP contribution in [-0.4, -0.2) is 25.2 Å². The Hall–Kier alpha value is -1.37. The Morgan fingerprint density at radius 2 is 1.50 bits per heavy atom. The van der Waals surface area contributed by atoms with E-state index in [4.69, 9.17) is 4.74 Å². The van der Waals surface area contributed by atoms with E-state index >= 15 is 0 Å². The molecule has 0 radical (unpaired) electrons. The Kier molecular flexibility index (Phi) is 13.0. The van der Waals surface area contributed by atoms with Crippen molar-refractivity contribution in [3.8, 4) is 11.5 Å². The minimum absolute atomic E-state index is 0.0411. The molecule has 0 saturated heterocycles. The maximum atomic E-state index is 12.9. The average Bonchev–Trinajstić information content (AvgIpc) is 3.54. The summed E-state index contributed by atoms with van der Waals surface area (Å²) in [4.78, 5) is 12.6. The maximum Gasteiger partial charge on any atom is 0.387 e. The van der Waals surface area contributed by atoms with Gasteiger partial charge in [-0.05, 0) is 31.4 Å². The van der Waals surface area contributed by atoms with Gasteiger partial charge in [0.15, 0.2) is 0 Å². The number of alkyl halides is 2. The minimum Gasteiger partial charge on any atom is -0.493 e. The number of hydrogen-bond donors (Lipinski definition) is 1. The number of carbonyl (C=O) groups is 1. The first-order valence-electron chi connectivity index (χ1n) is 12.2. The van der Waals surface area contributed by atoms with Gasteiger partial charge in [0.25, 0.3) is 5.91 Å². The van der Waals surface area contributed by atoms with E-state index in [0.29, 0.717) is 11.1 Å². The smallest absolute Gasteiger partial charge is 0.387 e. The van der Waals surface area contributed by atoms with E-state index in [2.05, 4.69) is 32.9 Å². The fourth-order valence-electron chi connectivity index (χ4n) is 3.69. The Morgan fingerprint density at radius 3 is 2.03 bits per heavy atom. The summed E-state index contributed by atoms with van der Waals surface area (Å²) in [6.45, 7) is -0.333. The van der Waals surface area contributed by atoms with Crippen LogP contribution in [-0.2, 0) is 0 Å². The first-order chi connectivity index (χ1) is 15.5. The number of ether oxygens (including phenoxy) is 2. The van der Waals surface area contributed by atoms with Crippen LogP contribution in [0.1, 0.15) is 107 Å². The SMILES string of the molecule is CCCCCCCCCCCCCCOc1cc(Br)cc(OC(F)F)c1C(=O)NC1CC1. The number of hydrogen-bond acceptors (Lipinski definition) is 3. The van der Waals surface area contributed by atoms with Crippen LogP contribution in [0.5, 0.6) is 11.5 Å². The second-order valence-corrected chi connectivity index (χ2v) is 9.56. The molecule has 1 saturated carbocycles. The molecule has 0 heterocycles. The highest BCUT2D eigenvalue weighted by atomic mass is 79.9. The van der Waals surface area contributed by atoms with E-state index in [1.807, 2.05) is 0 Å². The van der Waals surface area contributed by atoms with Gasteiger partial charge in [-0.1, -0.05) is 93.5 Å². The van der Waals surface area contributed by atoms with Gasteiger partial charge in [-0.15, -0.1) is 0 Å². The zero-order valence-corrected chi connectivity index (χ0v) is 20.9. The molecule has 1 aliphatic carbocycles. The van der Waals surface area contributed by atoms with Crippen molar-refractivity contribution < 1.29 is 23.0 Å². The molecule has 0 unspecified atom stereocenters. The van der Waals surface area contributed by atoms with Crippen LogP contribution >= 0.6 is 15.9 Å². The third kappa shape index (κ3) is 11.0. The van der Waals surface area contributed by atoms with Crippen LogP contribution in [0.15, 0.2) is 16.6 Å². The lowest BCUT2D eigenvalue weighted by Gasteiger charge is -2.16. The van der Waals surface area contributed by atoms with Crippen molar-refractivity contribution in [3.63, 3.8) is 0 Å². The van der Waals surface area contributed by atoms with Gasteiger partial charge < -0.3 is 14.8 Å². The van der Waals surface area contributed by atoms with E-state index in [1.54, 1.807) is 6.07 Å². The number of amides is 1. The summed E-state index contributed by atoms with van der Waals surface area (Å²) in [5, 5.41) is 2.83. The average molecular weight is 518 g/mol. The first-order valence-corrected chi connectivity index (χ1v) is 13.0. The predicted molar refractivity (Wildman–Crippen MR) is 128 cm³/mol. The van der Waals surface area contributed by atoms with Crippen molar-refractivity contribution in [1.82, 2.24) is 5.32 Å². The molecule has 1 fully saturated rings. The number of nitrogens with one attached hydrogen (secondary N) is 1. The molecule has 1 amide bonds. The second-order valence-electron chi connectivity index (χ2n) is 8.64. The van der Waals surface area contributed by atoms with Gasteiger partial charge in [-0.3, -0.25) is 4.79 Å². The number of unbranched alkanes of at least 4 members (excludes halogenated alkanes) is 11. The Bertz CT molecular complexity index is 683. The lowest BCUT2D eigenvalue weighted by Crippen LogP contribution is -2.27. The summed E-state index contributed by atoms with van der Waals surface area (Å²) in [5.74, 6) is -0.325. The summed E-state index contributed by atoms with van der Waals surface area (Å²) in [6.07, 6.45) is 16.8. The second kappa shape index (κ2) is 15.5. The predicted octanol–water partition coefficient (Wildman–Crippen LogP) is 8.02. The lowest BCUT2D eigenvalue weighted by molar-refractivity contribution is -0.0503. The van der Waals surface area contributed by atoms with E-state index in [0.717, 1.165) is 32.1 Å². The largest absolute Gasteiger partial charge is 0.493 e. The molecule has 1 aliphatic rings. The summed E-state index contributed by atoms with van der Waals surface area (Å²) < 4.78 is 36.7. The van der Waals surface area contributed by atoms with Crippen LogP contribution in [0, 0.1) is 0 Å². The molecule has 7 heteroatoms. The standard InChI is InChI=1S/C25H38BrF2NO3/c1-2-3-4-5-6-7-8-9-10-11-12-13-16-31-21-17-19(26)18-22(32-25(27)28)23(21)24(30)29-20-14-15-20/h17-18,20,25H,2-16H2,1H3,(H,29,30). The number of rotatable bonds is 18. The zero-order chi connectivity index (χ0) is 23.2. The maximum absolute atomic E-state index is 12.9. The molecule has 4 nitrogen and oxygen atoms in total. The Balaban J connectivity index is 1.71. The molecule has 0 bridgehead atoms. The van der Waals surface area contributed by atoms with Gasteiger partial charge in [-0.25, -0.2) is 0 Å². The third-order valence-corrected chi connectivity index (χ3v) is 6.10. The van der Waals surface area contributed by atoms with Gasteiger partial charge in [0.1, 0.15) is 17.1 Å². The van der Waals surface area contributed by atoms with Crippen LogP contribution in [0.2, 0.25) is 0 Å². The van der Waals surface area contributed by atoms with Crippen molar-refractivity contribution in [2.24, 2.45) is 0 Å². The molecule has 182 valence electrons. The van der Waals surface area contributed by atoms with E-state index in [-0.39, 0.29) is 23.1 Å². The molecule has 0 spiro atoms. The molecular weight excluding hydrogens is 480 g/mol. The summed E-state index contributed by atoms with van der Waals surface area (Å²) in [6, 6.07) is 3.13. The first kappa shape index (κ1) is 26.9. The van der Waals surface area contributed by atoms with E-state index < -0.39 is 12.5 Å². The number of benzene rings is 1. The monoisotopic (exact) mass is 517 g/mol. The molecule has 32 heavy (non-hydrogen) atoms. The van der Waals surface area contributed by atoms with Crippen molar-refractivity contribution in [1.29, 1.82) is 0 Å². The third-order valence-electron chi connectivity index (χ3n) is 5.64. The van der Waals surface area contributed by atoms with Gasteiger partial charge in [0.05, 0.1) is 6.61 Å². The van der Waals surface area contributed by atoms with Crippen LogP contribution in [0.4, 0.5) is 8.78 Å². The highest BCUT2D eigenvalue weighted by Crippen LogP contribution is 2.35.